The van der Waals surface area contributed by atoms with Gasteiger partial charge in [0, 0.05) is 34.1 Å². The lowest BCUT2D eigenvalue weighted by Crippen LogP contribution is -2.11. The van der Waals surface area contributed by atoms with Crippen molar-refractivity contribution in [1.82, 2.24) is 0 Å². The molecule has 0 aromatic heterocycles. The molecule has 7 rings (SSSR count). The second-order valence-electron chi connectivity index (χ2n) is 16.1. The van der Waals surface area contributed by atoms with Crippen molar-refractivity contribution in [3.63, 3.8) is 0 Å². The average Bonchev–Trinajstić information content (AvgIpc) is 3.18. The first kappa shape index (κ1) is 38.4. The Hall–Kier alpha value is -5.86. The summed E-state index contributed by atoms with van der Waals surface area (Å²) < 4.78 is 0. The third kappa shape index (κ3) is 7.17. The van der Waals surface area contributed by atoms with Crippen molar-refractivity contribution in [3.8, 4) is 22.3 Å². The summed E-state index contributed by atoms with van der Waals surface area (Å²) in [6.45, 7) is 26.7. The van der Waals surface area contributed by atoms with Crippen molar-refractivity contribution < 1.29 is 0 Å². The molecule has 0 radical (unpaired) electrons. The standard InChI is InChI=1S/C54H56N2/c1-33-13-21-49(29-37(33)5)55(50-22-14-34(2)38(6)30-50)47-25-17-45(18-26-47)53-41(9)43(11)54(44(12)42(53)10)46-19-27-48(28-20-46)56(51-23-15-35(3)39(7)31-51)52-24-16-36(4)40(8)32-52/h13-32H,1-12H3. The van der Waals surface area contributed by atoms with Gasteiger partial charge in [-0.15, -0.1) is 0 Å². The highest BCUT2D eigenvalue weighted by Gasteiger charge is 2.20. The molecule has 0 unspecified atom stereocenters. The molecule has 0 heterocycles. The molecule has 0 atom stereocenters. The molecule has 0 fully saturated rings. The number of hydrogen-bond acceptors (Lipinski definition) is 2. The fourth-order valence-corrected chi connectivity index (χ4v) is 8.09. The Morgan fingerprint density at radius 2 is 0.446 bits per heavy atom. The van der Waals surface area contributed by atoms with E-state index < -0.39 is 0 Å². The van der Waals surface area contributed by atoms with Crippen molar-refractivity contribution in [3.05, 3.63) is 188 Å². The van der Waals surface area contributed by atoms with Crippen molar-refractivity contribution in [2.24, 2.45) is 0 Å². The summed E-state index contributed by atoms with van der Waals surface area (Å²) in [6.07, 6.45) is 0. The van der Waals surface area contributed by atoms with Crippen LogP contribution in [-0.4, -0.2) is 0 Å². The molecule has 0 aliphatic carbocycles. The molecule has 0 amide bonds. The highest BCUT2D eigenvalue weighted by molar-refractivity contribution is 5.86. The van der Waals surface area contributed by atoms with Gasteiger partial charge in [-0.2, -0.15) is 0 Å². The van der Waals surface area contributed by atoms with Crippen LogP contribution < -0.4 is 9.80 Å². The van der Waals surface area contributed by atoms with E-state index in [1.165, 1.54) is 112 Å². The molecule has 0 N–H and O–H groups in total. The van der Waals surface area contributed by atoms with Gasteiger partial charge in [0.05, 0.1) is 0 Å². The van der Waals surface area contributed by atoms with Gasteiger partial charge in [0.2, 0.25) is 0 Å². The molecule has 7 aromatic carbocycles. The highest BCUT2D eigenvalue weighted by atomic mass is 15.1. The molecule has 2 heteroatoms. The lowest BCUT2D eigenvalue weighted by molar-refractivity contribution is 1.22. The van der Waals surface area contributed by atoms with Crippen LogP contribution in [0.4, 0.5) is 34.1 Å². The maximum absolute atomic E-state index is 2.38. The predicted octanol–water partition coefficient (Wildman–Crippen LogP) is 15.7. The summed E-state index contributed by atoms with van der Waals surface area (Å²) in [5, 5.41) is 0. The van der Waals surface area contributed by atoms with E-state index in [1.807, 2.05) is 0 Å². The SMILES string of the molecule is Cc1ccc(N(c2ccc(-c3c(C)c(C)c(-c4ccc(N(c5ccc(C)c(C)c5)c5ccc(C)c(C)c5)cc4)c(C)c3C)cc2)c2ccc(C)c(C)c2)cc1C. The minimum absolute atomic E-state index is 1.15. The molecule has 0 aliphatic rings. The van der Waals surface area contributed by atoms with Gasteiger partial charge in [0.15, 0.2) is 0 Å². The van der Waals surface area contributed by atoms with Gasteiger partial charge in [-0.1, -0.05) is 48.5 Å². The molecule has 0 saturated heterocycles. The molecule has 2 nitrogen and oxygen atoms in total. The zero-order valence-corrected chi connectivity index (χ0v) is 35.4. The molecule has 282 valence electrons. The third-order valence-corrected chi connectivity index (χ3v) is 12.4. The van der Waals surface area contributed by atoms with Crippen LogP contribution in [0.3, 0.4) is 0 Å². The lowest BCUT2D eigenvalue weighted by Gasteiger charge is -2.28. The quantitative estimate of drug-likeness (QED) is 0.153. The van der Waals surface area contributed by atoms with Gasteiger partial charge in [-0.05, 0) is 245 Å². The number of rotatable bonds is 8. The fraction of sp³-hybridized carbons (Fsp3) is 0.222. The second-order valence-corrected chi connectivity index (χ2v) is 16.1. The number of nitrogens with zero attached hydrogens (tertiary/aromatic N) is 2. The molecule has 0 saturated carbocycles. The van der Waals surface area contributed by atoms with E-state index in [0.717, 1.165) is 11.4 Å². The highest BCUT2D eigenvalue weighted by Crippen LogP contribution is 2.43. The second kappa shape index (κ2) is 15.3. The maximum Gasteiger partial charge on any atom is 0.0464 e. The van der Waals surface area contributed by atoms with E-state index in [1.54, 1.807) is 0 Å². The van der Waals surface area contributed by atoms with Gasteiger partial charge in [0.1, 0.15) is 0 Å². The van der Waals surface area contributed by atoms with Gasteiger partial charge in [-0.25, -0.2) is 0 Å². The van der Waals surface area contributed by atoms with Gasteiger partial charge in [-0.3, -0.25) is 0 Å². The Balaban J connectivity index is 1.26. The summed E-state index contributed by atoms with van der Waals surface area (Å²) in [5.74, 6) is 0. The smallest absolute Gasteiger partial charge is 0.0464 e. The zero-order valence-electron chi connectivity index (χ0n) is 35.4. The first-order chi connectivity index (χ1) is 26.7. The van der Waals surface area contributed by atoms with Gasteiger partial charge in [0.25, 0.3) is 0 Å². The van der Waals surface area contributed by atoms with Gasteiger partial charge >= 0.3 is 0 Å². The maximum atomic E-state index is 2.38. The van der Waals surface area contributed by atoms with E-state index >= 15 is 0 Å². The van der Waals surface area contributed by atoms with Crippen molar-refractivity contribution in [2.45, 2.75) is 83.1 Å². The van der Waals surface area contributed by atoms with Crippen molar-refractivity contribution >= 4 is 34.1 Å². The zero-order chi connectivity index (χ0) is 40.0. The van der Waals surface area contributed by atoms with Crippen LogP contribution in [0.2, 0.25) is 0 Å². The Morgan fingerprint density at radius 1 is 0.232 bits per heavy atom. The van der Waals surface area contributed by atoms with Crippen LogP contribution in [0.1, 0.15) is 66.8 Å². The van der Waals surface area contributed by atoms with Crippen LogP contribution in [0.15, 0.2) is 121 Å². The Bertz CT molecular complexity index is 2270. The van der Waals surface area contributed by atoms with Crippen LogP contribution >= 0.6 is 0 Å². The van der Waals surface area contributed by atoms with E-state index in [0.29, 0.717) is 0 Å². The summed E-state index contributed by atoms with van der Waals surface area (Å²) in [6, 6.07) is 45.4. The summed E-state index contributed by atoms with van der Waals surface area (Å²) in [7, 11) is 0. The number of benzene rings is 7. The Kier molecular flexibility index (Phi) is 10.5. The lowest BCUT2D eigenvalue weighted by atomic mass is 9.83. The predicted molar refractivity (Wildman–Crippen MR) is 244 cm³/mol. The van der Waals surface area contributed by atoms with Crippen LogP contribution in [-0.2, 0) is 0 Å². The molecule has 56 heavy (non-hydrogen) atoms. The summed E-state index contributed by atoms with van der Waals surface area (Å²) >= 11 is 0. The number of hydrogen-bond donors (Lipinski definition) is 0. The topological polar surface area (TPSA) is 6.48 Å². The number of aryl methyl sites for hydroxylation is 8. The molecule has 0 aliphatic heterocycles. The van der Waals surface area contributed by atoms with Gasteiger partial charge < -0.3 is 9.80 Å². The minimum Gasteiger partial charge on any atom is -0.310 e. The van der Waals surface area contributed by atoms with Crippen LogP contribution in [0.5, 0.6) is 0 Å². The molecule has 0 bridgehead atoms. The molecule has 0 spiro atoms. The normalized spacial score (nSPS) is 11.2. The third-order valence-electron chi connectivity index (χ3n) is 12.4. The molecular weight excluding hydrogens is 677 g/mol. The van der Waals surface area contributed by atoms with E-state index in [9.17, 15) is 0 Å². The summed E-state index contributed by atoms with van der Waals surface area (Å²) in [5.41, 5.74) is 27.8. The summed E-state index contributed by atoms with van der Waals surface area (Å²) in [4.78, 5) is 4.76. The van der Waals surface area contributed by atoms with Crippen LogP contribution in [0, 0.1) is 83.1 Å². The molecule has 7 aromatic rings. The van der Waals surface area contributed by atoms with Crippen molar-refractivity contribution in [2.75, 3.05) is 9.80 Å². The van der Waals surface area contributed by atoms with E-state index in [-0.39, 0.29) is 0 Å². The van der Waals surface area contributed by atoms with Crippen molar-refractivity contribution in [1.29, 1.82) is 0 Å². The van der Waals surface area contributed by atoms with Crippen LogP contribution in [0.25, 0.3) is 22.3 Å². The Labute approximate surface area is 336 Å². The molecular formula is C54H56N2. The van der Waals surface area contributed by atoms with E-state index in [2.05, 4.69) is 214 Å². The largest absolute Gasteiger partial charge is 0.310 e. The average molecular weight is 733 g/mol. The Morgan fingerprint density at radius 3 is 0.661 bits per heavy atom. The first-order valence-electron chi connectivity index (χ1n) is 19.9. The first-order valence-corrected chi connectivity index (χ1v) is 19.9. The monoisotopic (exact) mass is 732 g/mol. The fourth-order valence-electron chi connectivity index (χ4n) is 8.09. The van der Waals surface area contributed by atoms with E-state index in [4.69, 9.17) is 0 Å². The minimum atomic E-state index is 1.15. The number of anilines is 6.